The van der Waals surface area contributed by atoms with Gasteiger partial charge in [0.25, 0.3) is 0 Å². The van der Waals surface area contributed by atoms with E-state index in [1.54, 1.807) is 30.7 Å². The van der Waals surface area contributed by atoms with E-state index in [2.05, 4.69) is 9.97 Å². The zero-order valence-corrected chi connectivity index (χ0v) is 11.2. The molecule has 0 saturated heterocycles. The first kappa shape index (κ1) is 13.4. The molecule has 0 aromatic carbocycles. The van der Waals surface area contributed by atoms with E-state index < -0.39 is 5.97 Å². The van der Waals surface area contributed by atoms with E-state index in [0.717, 1.165) is 0 Å². The molecule has 0 radical (unpaired) electrons. The zero-order chi connectivity index (χ0) is 14.0. The van der Waals surface area contributed by atoms with Crippen LogP contribution in [0.3, 0.4) is 0 Å². The molecule has 0 fully saturated rings. The van der Waals surface area contributed by atoms with Crippen LogP contribution in [0.5, 0.6) is 5.75 Å². The number of carbonyl (C=O) groups is 1. The SMILES string of the molecule is Cc1ccc(OCc2ncc(Cl)n2C)c(C(=O)O)n1. The molecule has 19 heavy (non-hydrogen) atoms. The van der Waals surface area contributed by atoms with Crippen molar-refractivity contribution in [2.24, 2.45) is 7.05 Å². The smallest absolute Gasteiger partial charge is 0.358 e. The minimum absolute atomic E-state index is 0.111. The number of carboxylic acid groups (broad SMARTS) is 1. The number of hydrogen-bond donors (Lipinski definition) is 1. The number of rotatable bonds is 4. The monoisotopic (exact) mass is 281 g/mol. The van der Waals surface area contributed by atoms with Crippen LogP contribution in [0, 0.1) is 6.92 Å². The van der Waals surface area contributed by atoms with E-state index in [9.17, 15) is 4.79 Å². The highest BCUT2D eigenvalue weighted by Crippen LogP contribution is 2.19. The number of aromatic carboxylic acids is 1. The molecule has 0 unspecified atom stereocenters. The summed E-state index contributed by atoms with van der Waals surface area (Å²) in [4.78, 5) is 19.1. The van der Waals surface area contributed by atoms with Gasteiger partial charge < -0.3 is 14.4 Å². The summed E-state index contributed by atoms with van der Waals surface area (Å²) in [6.07, 6.45) is 1.51. The van der Waals surface area contributed by atoms with Crippen LogP contribution >= 0.6 is 11.6 Å². The second-order valence-corrected chi connectivity index (χ2v) is 4.34. The molecule has 6 nitrogen and oxygen atoms in total. The maximum atomic E-state index is 11.1. The lowest BCUT2D eigenvalue weighted by atomic mass is 10.3. The Morgan fingerprint density at radius 1 is 1.53 bits per heavy atom. The lowest BCUT2D eigenvalue weighted by molar-refractivity contribution is 0.0684. The highest BCUT2D eigenvalue weighted by molar-refractivity contribution is 6.29. The normalized spacial score (nSPS) is 10.5. The van der Waals surface area contributed by atoms with E-state index in [-0.39, 0.29) is 18.1 Å². The molecular weight excluding hydrogens is 270 g/mol. The minimum atomic E-state index is -1.13. The van der Waals surface area contributed by atoms with Crippen molar-refractivity contribution in [2.45, 2.75) is 13.5 Å². The van der Waals surface area contributed by atoms with E-state index in [1.807, 2.05) is 0 Å². The number of carboxylic acids is 1. The Hall–Kier alpha value is -2.08. The third kappa shape index (κ3) is 2.85. The van der Waals surface area contributed by atoms with Gasteiger partial charge in [-0.3, -0.25) is 0 Å². The maximum absolute atomic E-state index is 11.1. The molecule has 0 saturated carbocycles. The van der Waals surface area contributed by atoms with Gasteiger partial charge in [0.05, 0.1) is 6.20 Å². The van der Waals surface area contributed by atoms with Gasteiger partial charge in [-0.05, 0) is 19.1 Å². The molecule has 1 N–H and O–H groups in total. The molecule has 100 valence electrons. The quantitative estimate of drug-likeness (QED) is 0.928. The molecule has 0 atom stereocenters. The van der Waals surface area contributed by atoms with Crippen molar-refractivity contribution in [3.05, 3.63) is 40.7 Å². The first-order valence-electron chi connectivity index (χ1n) is 5.49. The summed E-state index contributed by atoms with van der Waals surface area (Å²) in [5.41, 5.74) is 0.505. The van der Waals surface area contributed by atoms with Crippen LogP contribution in [0.1, 0.15) is 22.0 Å². The molecule has 0 spiro atoms. The summed E-state index contributed by atoms with van der Waals surface area (Å²) >= 11 is 5.85. The Morgan fingerprint density at radius 2 is 2.26 bits per heavy atom. The largest absolute Gasteiger partial charge is 0.483 e. The van der Waals surface area contributed by atoms with Crippen LogP contribution in [0.15, 0.2) is 18.3 Å². The molecule has 2 heterocycles. The number of pyridine rings is 1. The van der Waals surface area contributed by atoms with Crippen molar-refractivity contribution in [3.8, 4) is 5.75 Å². The van der Waals surface area contributed by atoms with Crippen molar-refractivity contribution in [3.63, 3.8) is 0 Å². The van der Waals surface area contributed by atoms with Gasteiger partial charge in [0.15, 0.2) is 11.4 Å². The Kier molecular flexibility index (Phi) is 3.71. The first-order valence-corrected chi connectivity index (χ1v) is 5.86. The van der Waals surface area contributed by atoms with Crippen molar-refractivity contribution in [1.82, 2.24) is 14.5 Å². The number of aromatic nitrogens is 3. The van der Waals surface area contributed by atoms with Gasteiger partial charge in [-0.25, -0.2) is 14.8 Å². The molecule has 0 bridgehead atoms. The first-order chi connectivity index (χ1) is 8.99. The average molecular weight is 282 g/mol. The third-order valence-electron chi connectivity index (χ3n) is 2.58. The standard InChI is InChI=1S/C12H12ClN3O3/c1-7-3-4-8(11(15-7)12(17)18)19-6-10-14-5-9(13)16(10)2/h3-5H,6H2,1-2H3,(H,17,18). The second kappa shape index (κ2) is 5.27. The van der Waals surface area contributed by atoms with Gasteiger partial charge in [-0.1, -0.05) is 11.6 Å². The average Bonchev–Trinajstić information content (AvgIpc) is 2.68. The Morgan fingerprint density at radius 3 is 2.84 bits per heavy atom. The fourth-order valence-corrected chi connectivity index (χ4v) is 1.66. The van der Waals surface area contributed by atoms with Gasteiger partial charge in [0.1, 0.15) is 17.6 Å². The van der Waals surface area contributed by atoms with Crippen molar-refractivity contribution < 1.29 is 14.6 Å². The number of nitrogens with zero attached hydrogens (tertiary/aromatic N) is 3. The van der Waals surface area contributed by atoms with Crippen molar-refractivity contribution in [1.29, 1.82) is 0 Å². The van der Waals surface area contributed by atoms with Gasteiger partial charge in [0.2, 0.25) is 0 Å². The molecule has 2 rings (SSSR count). The molecule has 7 heteroatoms. The van der Waals surface area contributed by atoms with E-state index in [0.29, 0.717) is 16.7 Å². The number of halogens is 1. The molecule has 2 aromatic rings. The second-order valence-electron chi connectivity index (χ2n) is 3.95. The lowest BCUT2D eigenvalue weighted by Crippen LogP contribution is -2.09. The van der Waals surface area contributed by atoms with Crippen molar-refractivity contribution >= 4 is 17.6 Å². The summed E-state index contributed by atoms with van der Waals surface area (Å²) in [5.74, 6) is -0.323. The third-order valence-corrected chi connectivity index (χ3v) is 2.94. The van der Waals surface area contributed by atoms with Crippen LogP contribution in [0.2, 0.25) is 5.15 Å². The Balaban J connectivity index is 2.20. The van der Waals surface area contributed by atoms with Crippen molar-refractivity contribution in [2.75, 3.05) is 0 Å². The van der Waals surface area contributed by atoms with Crippen LogP contribution in [0.25, 0.3) is 0 Å². The molecule has 0 amide bonds. The Labute approximate surface area is 114 Å². The number of ether oxygens (including phenoxy) is 1. The van der Waals surface area contributed by atoms with E-state index >= 15 is 0 Å². The highest BCUT2D eigenvalue weighted by Gasteiger charge is 2.14. The fraction of sp³-hybridized carbons (Fsp3) is 0.250. The highest BCUT2D eigenvalue weighted by atomic mass is 35.5. The summed E-state index contributed by atoms with van der Waals surface area (Å²) in [5, 5.41) is 9.55. The van der Waals surface area contributed by atoms with E-state index in [1.165, 1.54) is 6.20 Å². The summed E-state index contributed by atoms with van der Waals surface area (Å²) < 4.78 is 7.10. The van der Waals surface area contributed by atoms with Gasteiger partial charge >= 0.3 is 5.97 Å². The number of imidazole rings is 1. The van der Waals surface area contributed by atoms with Gasteiger partial charge in [0, 0.05) is 12.7 Å². The Bertz CT molecular complexity index is 625. The lowest BCUT2D eigenvalue weighted by Gasteiger charge is -2.09. The maximum Gasteiger partial charge on any atom is 0.358 e. The van der Waals surface area contributed by atoms with Gasteiger partial charge in [-0.2, -0.15) is 0 Å². The number of aryl methyl sites for hydroxylation is 1. The van der Waals surface area contributed by atoms with E-state index in [4.69, 9.17) is 21.4 Å². The summed E-state index contributed by atoms with van der Waals surface area (Å²) in [6.45, 7) is 1.84. The molecular formula is C12H12ClN3O3. The van der Waals surface area contributed by atoms with Gasteiger partial charge in [-0.15, -0.1) is 0 Å². The zero-order valence-electron chi connectivity index (χ0n) is 10.4. The topological polar surface area (TPSA) is 77.2 Å². The molecule has 0 aliphatic heterocycles. The molecule has 0 aliphatic carbocycles. The summed E-state index contributed by atoms with van der Waals surface area (Å²) in [7, 11) is 1.75. The molecule has 0 aliphatic rings. The van der Waals surface area contributed by atoms with Crippen LogP contribution < -0.4 is 4.74 Å². The van der Waals surface area contributed by atoms with Crippen LogP contribution in [0.4, 0.5) is 0 Å². The predicted octanol–water partition coefficient (Wildman–Crippen LogP) is 2.05. The predicted molar refractivity (Wildman–Crippen MR) is 68.5 cm³/mol. The molecule has 2 aromatic heterocycles. The van der Waals surface area contributed by atoms with Crippen LogP contribution in [-0.4, -0.2) is 25.6 Å². The minimum Gasteiger partial charge on any atom is -0.483 e. The summed E-state index contributed by atoms with van der Waals surface area (Å²) in [6, 6.07) is 3.27. The van der Waals surface area contributed by atoms with Crippen LogP contribution in [-0.2, 0) is 13.7 Å². The fourth-order valence-electron chi connectivity index (χ4n) is 1.51. The number of hydrogen-bond acceptors (Lipinski definition) is 4.